The second-order valence-corrected chi connectivity index (χ2v) is 7.19. The van der Waals surface area contributed by atoms with Gasteiger partial charge in [-0.2, -0.15) is 0 Å². The van der Waals surface area contributed by atoms with Crippen LogP contribution in [0.3, 0.4) is 0 Å². The fourth-order valence-corrected chi connectivity index (χ4v) is 4.34. The van der Waals surface area contributed by atoms with E-state index in [9.17, 15) is 8.42 Å². The summed E-state index contributed by atoms with van der Waals surface area (Å²) in [5, 5.41) is 0. The molecule has 6 heteroatoms. The van der Waals surface area contributed by atoms with Gasteiger partial charge in [0.15, 0.2) is 16.1 Å². The molecule has 0 saturated carbocycles. The summed E-state index contributed by atoms with van der Waals surface area (Å²) in [5.41, 5.74) is 5.46. The highest BCUT2D eigenvalue weighted by Gasteiger charge is 2.31. The molecular weight excluding hydrogens is 242 g/mol. The van der Waals surface area contributed by atoms with Crippen molar-refractivity contribution in [3.05, 3.63) is 0 Å². The maximum Gasteiger partial charge on any atom is 0.158 e. The molecule has 0 radical (unpaired) electrons. The van der Waals surface area contributed by atoms with E-state index >= 15 is 0 Å². The summed E-state index contributed by atoms with van der Waals surface area (Å²) in [6.45, 7) is 1.18. The quantitative estimate of drug-likeness (QED) is 0.789. The van der Waals surface area contributed by atoms with Crippen molar-refractivity contribution in [3.63, 3.8) is 0 Å². The Hall–Kier alpha value is -0.170. The lowest BCUT2D eigenvalue weighted by atomic mass is 10.0. The molecule has 0 aliphatic carbocycles. The lowest BCUT2D eigenvalue weighted by Gasteiger charge is -2.23. The number of nitrogens with two attached hydrogens (primary N) is 1. The average Bonchev–Trinajstić information content (AvgIpc) is 2.64. The van der Waals surface area contributed by atoms with Gasteiger partial charge in [0, 0.05) is 6.42 Å². The van der Waals surface area contributed by atoms with Crippen molar-refractivity contribution in [2.24, 2.45) is 11.7 Å². The molecule has 3 atom stereocenters. The van der Waals surface area contributed by atoms with Crippen molar-refractivity contribution in [1.29, 1.82) is 0 Å². The normalized spacial score (nSPS) is 37.1. The van der Waals surface area contributed by atoms with Crippen molar-refractivity contribution in [3.8, 4) is 0 Å². The van der Waals surface area contributed by atoms with Crippen LogP contribution in [-0.4, -0.2) is 45.5 Å². The zero-order chi connectivity index (χ0) is 12.3. The molecule has 2 aliphatic heterocycles. The molecule has 2 heterocycles. The first-order chi connectivity index (χ1) is 8.09. The van der Waals surface area contributed by atoms with Crippen LogP contribution in [0.15, 0.2) is 0 Å². The van der Waals surface area contributed by atoms with Gasteiger partial charge >= 0.3 is 0 Å². The van der Waals surface area contributed by atoms with Gasteiger partial charge in [-0.15, -0.1) is 0 Å². The smallest absolute Gasteiger partial charge is 0.158 e. The van der Waals surface area contributed by atoms with E-state index in [1.807, 2.05) is 0 Å². The molecule has 0 aromatic rings. The average molecular weight is 263 g/mol. The van der Waals surface area contributed by atoms with E-state index in [1.165, 1.54) is 0 Å². The fraction of sp³-hybridized carbons (Fsp3) is 1.00. The molecule has 0 aromatic carbocycles. The van der Waals surface area contributed by atoms with Gasteiger partial charge in [0.05, 0.1) is 24.2 Å². The summed E-state index contributed by atoms with van der Waals surface area (Å²) < 4.78 is 34.2. The van der Waals surface area contributed by atoms with Crippen LogP contribution in [0.1, 0.15) is 25.7 Å². The Morgan fingerprint density at radius 3 is 2.88 bits per heavy atom. The van der Waals surface area contributed by atoms with Crippen molar-refractivity contribution < 1.29 is 17.9 Å². The Balaban J connectivity index is 1.78. The molecule has 100 valence electrons. The third kappa shape index (κ3) is 3.91. The summed E-state index contributed by atoms with van der Waals surface area (Å²) in [7, 11) is -2.83. The fourth-order valence-electron chi connectivity index (χ4n) is 2.54. The van der Waals surface area contributed by atoms with Crippen LogP contribution in [0, 0.1) is 5.92 Å². The Labute approximate surface area is 103 Å². The van der Waals surface area contributed by atoms with Crippen LogP contribution >= 0.6 is 0 Å². The van der Waals surface area contributed by atoms with Crippen LogP contribution in [-0.2, 0) is 19.3 Å². The van der Waals surface area contributed by atoms with Gasteiger partial charge in [0.1, 0.15) is 0 Å². The SMILES string of the molecule is NCCC1COC(CC2CCCS(=O)(=O)C2)O1. The minimum absolute atomic E-state index is 0.0881. The van der Waals surface area contributed by atoms with E-state index in [0.29, 0.717) is 25.3 Å². The van der Waals surface area contributed by atoms with Crippen LogP contribution in [0.25, 0.3) is 0 Å². The molecule has 0 amide bonds. The number of hydrogen-bond donors (Lipinski definition) is 1. The zero-order valence-corrected chi connectivity index (χ0v) is 10.8. The highest BCUT2D eigenvalue weighted by atomic mass is 32.2. The van der Waals surface area contributed by atoms with Gasteiger partial charge < -0.3 is 15.2 Å². The highest BCUT2D eigenvalue weighted by molar-refractivity contribution is 7.91. The predicted octanol–water partition coefficient (Wildman–Crippen LogP) is 0.292. The van der Waals surface area contributed by atoms with Crippen LogP contribution in [0.5, 0.6) is 0 Å². The Morgan fingerprint density at radius 2 is 2.18 bits per heavy atom. The summed E-state index contributed by atoms with van der Waals surface area (Å²) >= 11 is 0. The topological polar surface area (TPSA) is 78.6 Å². The van der Waals surface area contributed by atoms with E-state index in [0.717, 1.165) is 19.3 Å². The Bertz CT molecular complexity index is 343. The lowest BCUT2D eigenvalue weighted by molar-refractivity contribution is -0.0710. The number of sulfone groups is 1. The van der Waals surface area contributed by atoms with Gasteiger partial charge in [-0.05, 0) is 31.7 Å². The Morgan fingerprint density at radius 1 is 1.35 bits per heavy atom. The van der Waals surface area contributed by atoms with E-state index < -0.39 is 9.84 Å². The summed E-state index contributed by atoms with van der Waals surface area (Å²) in [4.78, 5) is 0. The van der Waals surface area contributed by atoms with Crippen molar-refractivity contribution >= 4 is 9.84 Å². The van der Waals surface area contributed by atoms with E-state index in [4.69, 9.17) is 15.2 Å². The molecule has 0 bridgehead atoms. The van der Waals surface area contributed by atoms with Crippen molar-refractivity contribution in [2.45, 2.75) is 38.1 Å². The zero-order valence-electron chi connectivity index (χ0n) is 10.0. The van der Waals surface area contributed by atoms with Gasteiger partial charge in [0.2, 0.25) is 0 Å². The number of ether oxygens (including phenoxy) is 2. The first kappa shape index (κ1) is 13.3. The first-order valence-corrected chi connectivity index (χ1v) is 8.09. The first-order valence-electron chi connectivity index (χ1n) is 6.26. The summed E-state index contributed by atoms with van der Waals surface area (Å²) in [6.07, 6.45) is 3.09. The Kier molecular flexibility index (Phi) is 4.41. The van der Waals surface area contributed by atoms with Gasteiger partial charge in [-0.1, -0.05) is 0 Å². The van der Waals surface area contributed by atoms with E-state index in [-0.39, 0.29) is 24.1 Å². The predicted molar refractivity (Wildman–Crippen MR) is 64.3 cm³/mol. The largest absolute Gasteiger partial charge is 0.350 e. The molecule has 2 rings (SSSR count). The standard InChI is InChI=1S/C11H21NO4S/c12-4-3-10-7-15-11(16-10)6-9-2-1-5-17(13,14)8-9/h9-11H,1-8,12H2. The third-order valence-electron chi connectivity index (χ3n) is 3.38. The van der Waals surface area contributed by atoms with Crippen LogP contribution in [0.2, 0.25) is 0 Å². The van der Waals surface area contributed by atoms with Gasteiger partial charge in [0.25, 0.3) is 0 Å². The van der Waals surface area contributed by atoms with Crippen LogP contribution < -0.4 is 5.73 Å². The van der Waals surface area contributed by atoms with Gasteiger partial charge in [-0.25, -0.2) is 8.42 Å². The minimum atomic E-state index is -2.83. The van der Waals surface area contributed by atoms with Crippen molar-refractivity contribution in [1.82, 2.24) is 0 Å². The lowest BCUT2D eigenvalue weighted by Crippen LogP contribution is -2.28. The molecule has 5 nitrogen and oxygen atoms in total. The van der Waals surface area contributed by atoms with E-state index in [2.05, 4.69) is 0 Å². The number of rotatable bonds is 4. The van der Waals surface area contributed by atoms with Crippen LogP contribution in [0.4, 0.5) is 0 Å². The molecule has 0 aromatic heterocycles. The second-order valence-electron chi connectivity index (χ2n) is 4.96. The second kappa shape index (κ2) is 5.65. The maximum atomic E-state index is 11.5. The van der Waals surface area contributed by atoms with Crippen molar-refractivity contribution in [2.75, 3.05) is 24.7 Å². The van der Waals surface area contributed by atoms with E-state index in [1.54, 1.807) is 0 Å². The number of hydrogen-bond acceptors (Lipinski definition) is 5. The summed E-state index contributed by atoms with van der Waals surface area (Å²) in [5.74, 6) is 0.819. The molecule has 2 N–H and O–H groups in total. The molecule has 17 heavy (non-hydrogen) atoms. The molecule has 2 fully saturated rings. The molecule has 3 unspecified atom stereocenters. The molecular formula is C11H21NO4S. The summed E-state index contributed by atoms with van der Waals surface area (Å²) in [6, 6.07) is 0. The monoisotopic (exact) mass is 263 g/mol. The maximum absolute atomic E-state index is 11.5. The highest BCUT2D eigenvalue weighted by Crippen LogP contribution is 2.27. The molecule has 0 spiro atoms. The molecule has 2 aliphatic rings. The molecule has 2 saturated heterocycles. The third-order valence-corrected chi connectivity index (χ3v) is 5.27. The van der Waals surface area contributed by atoms with Gasteiger partial charge in [-0.3, -0.25) is 0 Å². The minimum Gasteiger partial charge on any atom is -0.350 e.